The molecule has 134 valence electrons. The molecule has 2 aliphatic heterocycles. The van der Waals surface area contributed by atoms with Gasteiger partial charge in [-0.3, -0.25) is 4.57 Å². The van der Waals surface area contributed by atoms with Crippen molar-refractivity contribution in [1.82, 2.24) is 9.55 Å². The van der Waals surface area contributed by atoms with E-state index in [-0.39, 0.29) is 12.4 Å². The third kappa shape index (κ3) is 2.33. The van der Waals surface area contributed by atoms with Crippen molar-refractivity contribution < 1.29 is 35.0 Å². The number of nitrogen functional groups attached to an aromatic ring is 1. The Morgan fingerprint density at radius 3 is 2.54 bits per heavy atom. The van der Waals surface area contributed by atoms with E-state index in [4.69, 9.17) is 15.2 Å². The van der Waals surface area contributed by atoms with E-state index in [0.717, 1.165) is 4.57 Å². The molecule has 3 rings (SSSR count). The Labute approximate surface area is 135 Å². The van der Waals surface area contributed by atoms with E-state index in [1.165, 1.54) is 12.3 Å². The third-order valence-electron chi connectivity index (χ3n) is 4.41. The molecular formula is C13H19N3O8. The Kier molecular flexibility index (Phi) is 4.34. The maximum atomic E-state index is 12.3. The van der Waals surface area contributed by atoms with Gasteiger partial charge in [0.05, 0.1) is 13.2 Å². The molecule has 24 heavy (non-hydrogen) atoms. The molecule has 3 heterocycles. The molecular weight excluding hydrogens is 326 g/mol. The van der Waals surface area contributed by atoms with Gasteiger partial charge < -0.3 is 40.7 Å². The van der Waals surface area contributed by atoms with E-state index < -0.39 is 54.6 Å². The largest absolute Gasteiger partial charge is 0.394 e. The normalized spacial score (nSPS) is 42.5. The van der Waals surface area contributed by atoms with E-state index in [1.54, 1.807) is 0 Å². The molecule has 0 aliphatic carbocycles. The first kappa shape index (κ1) is 17.2. The summed E-state index contributed by atoms with van der Waals surface area (Å²) in [5, 5.41) is 49.9. The lowest BCUT2D eigenvalue weighted by Gasteiger charge is -2.39. The second-order valence-electron chi connectivity index (χ2n) is 5.84. The van der Waals surface area contributed by atoms with Gasteiger partial charge in [0.1, 0.15) is 42.4 Å². The smallest absolute Gasteiger partial charge is 0.352 e. The average Bonchev–Trinajstić information content (AvgIpc) is 3.00. The van der Waals surface area contributed by atoms with E-state index in [0.29, 0.717) is 0 Å². The maximum absolute atomic E-state index is 12.3. The number of aromatic nitrogens is 2. The predicted molar refractivity (Wildman–Crippen MR) is 76.6 cm³/mol. The highest BCUT2D eigenvalue weighted by molar-refractivity contribution is 5.24. The molecule has 2 saturated heterocycles. The molecule has 2 fully saturated rings. The van der Waals surface area contributed by atoms with Crippen LogP contribution in [0.5, 0.6) is 0 Å². The minimum Gasteiger partial charge on any atom is -0.394 e. The molecule has 11 heteroatoms. The van der Waals surface area contributed by atoms with Gasteiger partial charge in [-0.05, 0) is 6.07 Å². The van der Waals surface area contributed by atoms with Gasteiger partial charge in [0.25, 0.3) is 0 Å². The lowest BCUT2D eigenvalue weighted by Crippen LogP contribution is -2.61. The first-order valence-corrected chi connectivity index (χ1v) is 7.31. The summed E-state index contributed by atoms with van der Waals surface area (Å²) in [5.74, 6) is -0.0777. The Bertz CT molecular complexity index is 669. The molecule has 1 aromatic heterocycles. The zero-order valence-corrected chi connectivity index (χ0v) is 12.5. The van der Waals surface area contributed by atoms with Crippen molar-refractivity contribution in [3.8, 4) is 0 Å². The van der Waals surface area contributed by atoms with E-state index in [2.05, 4.69) is 4.98 Å². The van der Waals surface area contributed by atoms with Crippen LogP contribution in [0.2, 0.25) is 0 Å². The Morgan fingerprint density at radius 1 is 1.33 bits per heavy atom. The predicted octanol–water partition coefficient (Wildman–Crippen LogP) is -4.29. The molecule has 0 spiro atoms. The van der Waals surface area contributed by atoms with Gasteiger partial charge in [-0.1, -0.05) is 0 Å². The second kappa shape index (κ2) is 6.04. The number of nitrogens with zero attached hydrogens (tertiary/aromatic N) is 2. The minimum absolute atomic E-state index is 0.0777. The van der Waals surface area contributed by atoms with E-state index in [1.807, 2.05) is 0 Å². The Hall–Kier alpha value is -1.60. The molecule has 7 N–H and O–H groups in total. The second-order valence-corrected chi connectivity index (χ2v) is 5.84. The van der Waals surface area contributed by atoms with Gasteiger partial charge in [0.2, 0.25) is 5.72 Å². The summed E-state index contributed by atoms with van der Waals surface area (Å²) in [6.45, 7) is -0.913. The van der Waals surface area contributed by atoms with E-state index >= 15 is 0 Å². The van der Waals surface area contributed by atoms with Crippen molar-refractivity contribution in [2.75, 3.05) is 18.9 Å². The number of anilines is 1. The maximum Gasteiger partial charge on any atom is 0.352 e. The zero-order chi connectivity index (χ0) is 17.6. The molecule has 0 unspecified atom stereocenters. The van der Waals surface area contributed by atoms with Crippen LogP contribution in [-0.4, -0.2) is 84.9 Å². The summed E-state index contributed by atoms with van der Waals surface area (Å²) in [6, 6.07) is 1.26. The van der Waals surface area contributed by atoms with Gasteiger partial charge in [0, 0.05) is 6.20 Å². The van der Waals surface area contributed by atoms with Crippen molar-refractivity contribution in [2.24, 2.45) is 0 Å². The molecule has 11 nitrogen and oxygen atoms in total. The van der Waals surface area contributed by atoms with Crippen LogP contribution < -0.4 is 11.4 Å². The number of aliphatic hydroxyl groups excluding tert-OH is 5. The highest BCUT2D eigenvalue weighted by atomic mass is 16.6. The SMILES string of the molecule is Nc1ccn([C@]2([C@@H]3OC[C@H](O)[C@H]3O)O[C@H](CO)[C@@H](O)[C@H]2O)c(=O)n1. The summed E-state index contributed by atoms with van der Waals surface area (Å²) < 4.78 is 11.7. The molecule has 0 aromatic carbocycles. The fourth-order valence-corrected chi connectivity index (χ4v) is 3.19. The van der Waals surface area contributed by atoms with Crippen molar-refractivity contribution in [2.45, 2.75) is 42.3 Å². The molecule has 0 saturated carbocycles. The fraction of sp³-hybridized carbons (Fsp3) is 0.692. The number of rotatable bonds is 3. The standard InChI is InChI=1S/C13H19N3O8/c14-7-1-2-16(12(22)15-7)13(11-8(19)5(18)4-23-11)10(21)9(20)6(3-17)24-13/h1-2,5-6,8-11,17-21H,3-4H2,(H2,14,15,22)/t5-,6+,8+,9+,10+,11+,13-/m0/s1. The van der Waals surface area contributed by atoms with Crippen molar-refractivity contribution in [1.29, 1.82) is 0 Å². The molecule has 0 radical (unpaired) electrons. The summed E-state index contributed by atoms with van der Waals surface area (Å²) in [7, 11) is 0. The Balaban J connectivity index is 2.17. The molecule has 7 atom stereocenters. The average molecular weight is 345 g/mol. The molecule has 2 aliphatic rings. The lowest BCUT2D eigenvalue weighted by atomic mass is 9.92. The van der Waals surface area contributed by atoms with Gasteiger partial charge >= 0.3 is 5.69 Å². The van der Waals surface area contributed by atoms with Gasteiger partial charge in [-0.15, -0.1) is 0 Å². The van der Waals surface area contributed by atoms with Crippen LogP contribution in [0.4, 0.5) is 5.82 Å². The number of hydrogen-bond acceptors (Lipinski definition) is 10. The van der Waals surface area contributed by atoms with Crippen LogP contribution in [0.15, 0.2) is 17.1 Å². The Morgan fingerprint density at radius 2 is 2.04 bits per heavy atom. The van der Waals surface area contributed by atoms with E-state index in [9.17, 15) is 30.3 Å². The van der Waals surface area contributed by atoms with Crippen LogP contribution in [0.25, 0.3) is 0 Å². The van der Waals surface area contributed by atoms with Crippen LogP contribution in [-0.2, 0) is 15.2 Å². The zero-order valence-electron chi connectivity index (χ0n) is 12.5. The molecule has 0 amide bonds. The van der Waals surface area contributed by atoms with Crippen LogP contribution in [0.1, 0.15) is 0 Å². The van der Waals surface area contributed by atoms with Crippen molar-refractivity contribution >= 4 is 5.82 Å². The minimum atomic E-state index is -2.10. The summed E-state index contributed by atoms with van der Waals surface area (Å²) in [6.07, 6.45) is -7.55. The summed E-state index contributed by atoms with van der Waals surface area (Å²) in [5.41, 5.74) is 2.43. The van der Waals surface area contributed by atoms with Gasteiger partial charge in [0.15, 0.2) is 0 Å². The highest BCUT2D eigenvalue weighted by Gasteiger charge is 2.64. The lowest BCUT2D eigenvalue weighted by molar-refractivity contribution is -0.228. The number of hydrogen-bond donors (Lipinski definition) is 6. The topological polar surface area (TPSA) is 181 Å². The van der Waals surface area contributed by atoms with Crippen molar-refractivity contribution in [3.05, 3.63) is 22.7 Å². The third-order valence-corrected chi connectivity index (χ3v) is 4.41. The van der Waals surface area contributed by atoms with Crippen LogP contribution in [0, 0.1) is 0 Å². The van der Waals surface area contributed by atoms with Crippen molar-refractivity contribution in [3.63, 3.8) is 0 Å². The highest BCUT2D eigenvalue weighted by Crippen LogP contribution is 2.42. The number of ether oxygens (including phenoxy) is 2. The van der Waals surface area contributed by atoms with Crippen LogP contribution >= 0.6 is 0 Å². The number of nitrogens with two attached hydrogens (primary N) is 1. The van der Waals surface area contributed by atoms with Gasteiger partial charge in [-0.2, -0.15) is 4.98 Å². The monoisotopic (exact) mass is 345 g/mol. The summed E-state index contributed by atoms with van der Waals surface area (Å²) in [4.78, 5) is 15.8. The first-order chi connectivity index (χ1) is 11.3. The fourth-order valence-electron chi connectivity index (χ4n) is 3.19. The quantitative estimate of drug-likeness (QED) is 0.314. The van der Waals surface area contributed by atoms with Crippen LogP contribution in [0.3, 0.4) is 0 Å². The molecule has 0 bridgehead atoms. The van der Waals surface area contributed by atoms with Gasteiger partial charge in [-0.25, -0.2) is 4.79 Å². The molecule has 1 aromatic rings. The summed E-state index contributed by atoms with van der Waals surface area (Å²) >= 11 is 0. The first-order valence-electron chi connectivity index (χ1n) is 7.31. The number of aliphatic hydroxyl groups is 5.